The number of amides is 2. The van der Waals surface area contributed by atoms with Gasteiger partial charge in [0, 0.05) is 55.6 Å². The average Bonchev–Trinajstić information content (AvgIpc) is 3.63. The Hall–Kier alpha value is -5.50. The van der Waals surface area contributed by atoms with E-state index < -0.39 is 29.2 Å². The van der Waals surface area contributed by atoms with Gasteiger partial charge >= 0.3 is 6.09 Å². The number of aromatic nitrogens is 4. The highest BCUT2D eigenvalue weighted by Gasteiger charge is 2.26. The van der Waals surface area contributed by atoms with Crippen LogP contribution in [0.25, 0.3) is 16.8 Å². The summed E-state index contributed by atoms with van der Waals surface area (Å²) in [4.78, 5) is 37.4. The Kier molecular flexibility index (Phi) is 10.9. The van der Waals surface area contributed by atoms with Crippen LogP contribution >= 0.6 is 0 Å². The topological polar surface area (TPSA) is 113 Å². The number of carbonyl (C=O) groups is 2. The molecular formula is C37H42F2N6O6. The van der Waals surface area contributed by atoms with Crippen LogP contribution in [0.1, 0.15) is 53.8 Å². The molecule has 0 aliphatic carbocycles. The van der Waals surface area contributed by atoms with Crippen LogP contribution < -0.4 is 9.47 Å². The van der Waals surface area contributed by atoms with E-state index >= 15 is 4.39 Å². The van der Waals surface area contributed by atoms with Gasteiger partial charge < -0.3 is 18.6 Å². The molecule has 5 rings (SSSR count). The van der Waals surface area contributed by atoms with Crippen LogP contribution in [0.4, 0.5) is 13.6 Å². The maximum atomic E-state index is 15.4. The molecule has 12 nitrogen and oxygen atoms in total. The predicted octanol–water partition coefficient (Wildman–Crippen LogP) is 6.52. The number of imidazole rings is 1. The van der Waals surface area contributed by atoms with Gasteiger partial charge in [0.2, 0.25) is 5.82 Å². The van der Waals surface area contributed by atoms with Gasteiger partial charge in [-0.1, -0.05) is 12.1 Å². The Morgan fingerprint density at radius 3 is 2.37 bits per heavy atom. The third-order valence-corrected chi connectivity index (χ3v) is 8.30. The summed E-state index contributed by atoms with van der Waals surface area (Å²) in [7, 11) is 6.13. The molecule has 0 bridgehead atoms. The molecule has 0 aliphatic rings. The molecule has 0 saturated carbocycles. The molecule has 270 valence electrons. The number of carbonyl (C=O) groups excluding carboxylic acids is 2. The Balaban J connectivity index is 1.44. The normalized spacial score (nSPS) is 11.5. The van der Waals surface area contributed by atoms with Crippen molar-refractivity contribution in [2.45, 2.75) is 52.8 Å². The van der Waals surface area contributed by atoms with Crippen molar-refractivity contribution in [3.05, 3.63) is 101 Å². The summed E-state index contributed by atoms with van der Waals surface area (Å²) in [5, 5.41) is 5.38. The zero-order valence-electron chi connectivity index (χ0n) is 30.0. The van der Waals surface area contributed by atoms with Gasteiger partial charge in [-0.2, -0.15) is 9.49 Å². The molecule has 3 aromatic heterocycles. The predicted molar refractivity (Wildman–Crippen MR) is 185 cm³/mol. The summed E-state index contributed by atoms with van der Waals surface area (Å²) in [6.45, 7) is 7.51. The van der Waals surface area contributed by atoms with Gasteiger partial charge in [0.25, 0.3) is 5.91 Å². The molecule has 0 radical (unpaired) electrons. The fraction of sp³-hybridized carbons (Fsp3) is 0.351. The van der Waals surface area contributed by atoms with E-state index in [1.54, 1.807) is 80.4 Å². The Morgan fingerprint density at radius 2 is 1.71 bits per heavy atom. The van der Waals surface area contributed by atoms with Crippen molar-refractivity contribution in [1.29, 1.82) is 0 Å². The first-order valence-electron chi connectivity index (χ1n) is 16.2. The summed E-state index contributed by atoms with van der Waals surface area (Å²) >= 11 is 0. The molecule has 0 atom stereocenters. The van der Waals surface area contributed by atoms with Gasteiger partial charge in [-0.05, 0) is 69.7 Å². The van der Waals surface area contributed by atoms with Crippen LogP contribution in [0.2, 0.25) is 0 Å². The molecule has 2 aromatic carbocycles. The van der Waals surface area contributed by atoms with Crippen molar-refractivity contribution in [1.82, 2.24) is 29.1 Å². The summed E-state index contributed by atoms with van der Waals surface area (Å²) in [6, 6.07) is 13.4. The minimum absolute atomic E-state index is 0.0777. The summed E-state index contributed by atoms with van der Waals surface area (Å²) in [5.41, 5.74) is 3.69. The van der Waals surface area contributed by atoms with Crippen molar-refractivity contribution in [2.24, 2.45) is 7.05 Å². The van der Waals surface area contributed by atoms with E-state index in [9.17, 15) is 14.0 Å². The molecule has 0 unspecified atom stereocenters. The van der Waals surface area contributed by atoms with Crippen LogP contribution in [-0.4, -0.2) is 74.6 Å². The van der Waals surface area contributed by atoms with Crippen LogP contribution in [-0.2, 0) is 36.1 Å². The number of methoxy groups -OCH3 is 1. The third kappa shape index (κ3) is 8.28. The number of rotatable bonds is 12. The molecule has 2 amide bonds. The second-order valence-electron chi connectivity index (χ2n) is 12.9. The molecule has 0 N–H and O–H groups in total. The number of hydrogen-bond donors (Lipinski definition) is 0. The zero-order valence-corrected chi connectivity index (χ0v) is 30.0. The molecule has 0 spiro atoms. The van der Waals surface area contributed by atoms with E-state index in [1.165, 1.54) is 20.2 Å². The van der Waals surface area contributed by atoms with E-state index in [0.29, 0.717) is 33.8 Å². The minimum Gasteiger partial charge on any atom is -0.497 e. The average molecular weight is 705 g/mol. The molecule has 0 saturated heterocycles. The number of ether oxygens (including phenoxy) is 3. The molecule has 3 heterocycles. The standard InChI is InChI=1S/C37H42F2N6O6/c1-23-28(33(41-42(23)5)35(46)43(6)49-8)17-18-50-34-29(14-15-30(38)32(34)39)25-11-16-31-40-19-26(45(31)21-25)22-44(36(47)51-37(2,3)4)20-24-9-12-27(48-7)13-10-24/h9-16,19,21H,17-18,20,22H2,1-8H3. The third-order valence-electron chi connectivity index (χ3n) is 8.30. The highest BCUT2D eigenvalue weighted by Crippen LogP contribution is 2.35. The molecule has 14 heteroatoms. The van der Waals surface area contributed by atoms with Crippen LogP contribution in [0.15, 0.2) is 60.9 Å². The highest BCUT2D eigenvalue weighted by atomic mass is 19.2. The number of fused-ring (bicyclic) bond motifs is 1. The highest BCUT2D eigenvalue weighted by molar-refractivity contribution is 5.93. The number of halogens is 2. The van der Waals surface area contributed by atoms with E-state index in [-0.39, 0.29) is 37.6 Å². The van der Waals surface area contributed by atoms with E-state index in [1.807, 2.05) is 24.3 Å². The lowest BCUT2D eigenvalue weighted by Crippen LogP contribution is -2.36. The first-order valence-corrected chi connectivity index (χ1v) is 16.2. The first-order chi connectivity index (χ1) is 24.2. The molecule has 0 aliphatic heterocycles. The van der Waals surface area contributed by atoms with E-state index in [2.05, 4.69) is 10.1 Å². The number of hydroxylamine groups is 2. The number of benzene rings is 2. The lowest BCUT2D eigenvalue weighted by molar-refractivity contribution is -0.0761. The number of pyridine rings is 1. The first kappa shape index (κ1) is 36.8. The number of aryl methyl sites for hydroxylation is 1. The lowest BCUT2D eigenvalue weighted by atomic mass is 10.1. The van der Waals surface area contributed by atoms with Gasteiger partial charge in [0.1, 0.15) is 17.0 Å². The van der Waals surface area contributed by atoms with Crippen molar-refractivity contribution in [3.63, 3.8) is 0 Å². The Morgan fingerprint density at radius 1 is 0.980 bits per heavy atom. The van der Waals surface area contributed by atoms with Crippen molar-refractivity contribution >= 4 is 17.6 Å². The largest absolute Gasteiger partial charge is 0.497 e. The molecular weight excluding hydrogens is 662 g/mol. The Labute approximate surface area is 295 Å². The number of hydrogen-bond acceptors (Lipinski definition) is 8. The smallest absolute Gasteiger partial charge is 0.410 e. The van der Waals surface area contributed by atoms with Gasteiger partial charge in [0.05, 0.1) is 39.3 Å². The van der Waals surface area contributed by atoms with E-state index in [0.717, 1.165) is 22.4 Å². The lowest BCUT2D eigenvalue weighted by Gasteiger charge is -2.27. The van der Waals surface area contributed by atoms with Gasteiger partial charge in [0.15, 0.2) is 17.3 Å². The minimum atomic E-state index is -1.15. The summed E-state index contributed by atoms with van der Waals surface area (Å²) in [6.07, 6.45) is 3.07. The van der Waals surface area contributed by atoms with Gasteiger partial charge in [-0.25, -0.2) is 19.2 Å². The molecule has 0 fully saturated rings. The fourth-order valence-corrected chi connectivity index (χ4v) is 5.48. The van der Waals surface area contributed by atoms with Crippen LogP contribution in [0.5, 0.6) is 11.5 Å². The maximum absolute atomic E-state index is 15.4. The second-order valence-corrected chi connectivity index (χ2v) is 12.9. The second kappa shape index (κ2) is 15.2. The summed E-state index contributed by atoms with van der Waals surface area (Å²) in [5.74, 6) is -2.26. The molecule has 5 aromatic rings. The van der Waals surface area contributed by atoms with Crippen LogP contribution in [0, 0.1) is 18.6 Å². The van der Waals surface area contributed by atoms with Crippen LogP contribution in [0.3, 0.4) is 0 Å². The quantitative estimate of drug-likeness (QED) is 0.135. The van der Waals surface area contributed by atoms with E-state index in [4.69, 9.17) is 19.0 Å². The van der Waals surface area contributed by atoms with Crippen molar-refractivity contribution in [3.8, 4) is 22.6 Å². The van der Waals surface area contributed by atoms with Gasteiger partial charge in [-0.15, -0.1) is 0 Å². The maximum Gasteiger partial charge on any atom is 0.410 e. The zero-order chi connectivity index (χ0) is 37.0. The van der Waals surface area contributed by atoms with Crippen molar-refractivity contribution < 1.29 is 37.4 Å². The summed E-state index contributed by atoms with van der Waals surface area (Å²) < 4.78 is 50.3. The SMILES string of the molecule is COc1ccc(CN(Cc2cnc3ccc(-c4ccc(F)c(F)c4OCCc4c(C(=O)N(C)OC)nn(C)c4C)cn23)C(=O)OC(C)(C)C)cc1. The van der Waals surface area contributed by atoms with Gasteiger partial charge in [-0.3, -0.25) is 19.2 Å². The number of nitrogens with zero attached hydrogens (tertiary/aromatic N) is 6. The fourth-order valence-electron chi connectivity index (χ4n) is 5.48. The molecule has 51 heavy (non-hydrogen) atoms. The van der Waals surface area contributed by atoms with Crippen molar-refractivity contribution in [2.75, 3.05) is 27.9 Å². The Bertz CT molecular complexity index is 2040. The monoisotopic (exact) mass is 704 g/mol.